The summed E-state index contributed by atoms with van der Waals surface area (Å²) in [5, 5.41) is 12.1. The number of pyridine rings is 1. The molecule has 5 rings (SSSR count). The highest BCUT2D eigenvalue weighted by atomic mass is 32.2. The van der Waals surface area contributed by atoms with Crippen LogP contribution in [0.2, 0.25) is 0 Å². The van der Waals surface area contributed by atoms with Crippen molar-refractivity contribution < 1.29 is 18.8 Å². The molecule has 1 aliphatic rings. The first kappa shape index (κ1) is 24.2. The molecule has 2 heterocycles. The molecule has 0 saturated carbocycles. The minimum atomic E-state index is -1.52. The molecule has 36 heavy (non-hydrogen) atoms. The fourth-order valence-electron chi connectivity index (χ4n) is 4.75. The van der Waals surface area contributed by atoms with Gasteiger partial charge in [0.15, 0.2) is 0 Å². The van der Waals surface area contributed by atoms with Gasteiger partial charge < -0.3 is 14.6 Å². The van der Waals surface area contributed by atoms with Gasteiger partial charge in [-0.25, -0.2) is 9.11 Å². The van der Waals surface area contributed by atoms with E-state index >= 15 is 0 Å². The van der Waals surface area contributed by atoms with Gasteiger partial charge in [-0.3, -0.25) is 9.78 Å². The number of aromatic nitrogens is 1. The number of nitrogens with one attached hydrogen (secondary N) is 1. The lowest BCUT2D eigenvalue weighted by atomic mass is 9.82. The maximum Gasteiger partial charge on any atom is 0.253 e. The summed E-state index contributed by atoms with van der Waals surface area (Å²) in [6.07, 6.45) is 2.43. The summed E-state index contributed by atoms with van der Waals surface area (Å²) in [7, 11) is 0. The van der Waals surface area contributed by atoms with Crippen molar-refractivity contribution in [1.29, 1.82) is 0 Å². The third-order valence-corrected chi connectivity index (χ3v) is 7.86. The number of halogens is 1. The lowest BCUT2D eigenvalue weighted by Gasteiger charge is -2.39. The molecule has 1 unspecified atom stereocenters. The van der Waals surface area contributed by atoms with Gasteiger partial charge in [-0.05, 0) is 79.4 Å². The van der Waals surface area contributed by atoms with Crippen LogP contribution in [-0.2, 0) is 17.0 Å². The number of likely N-dealkylation sites (tertiary alicyclic amines) is 1. The Labute approximate surface area is 212 Å². The van der Waals surface area contributed by atoms with Crippen molar-refractivity contribution in [2.24, 2.45) is 0 Å². The van der Waals surface area contributed by atoms with Crippen molar-refractivity contribution in [3.63, 3.8) is 0 Å². The molecule has 1 aromatic heterocycles. The Morgan fingerprint density at radius 3 is 2.53 bits per heavy atom. The molecule has 1 atom stereocenters. The van der Waals surface area contributed by atoms with E-state index < -0.39 is 17.0 Å². The molecule has 0 bridgehead atoms. The number of carbonyl (C=O) groups is 1. The maximum absolute atomic E-state index is 13.5. The predicted molar refractivity (Wildman–Crippen MR) is 138 cm³/mol. The lowest BCUT2D eigenvalue weighted by molar-refractivity contribution is -0.0216. The summed E-state index contributed by atoms with van der Waals surface area (Å²) in [5.41, 5.74) is 2.15. The predicted octanol–water partition coefficient (Wildman–Crippen LogP) is 4.94. The van der Waals surface area contributed by atoms with Crippen molar-refractivity contribution in [1.82, 2.24) is 9.88 Å². The van der Waals surface area contributed by atoms with Crippen LogP contribution in [0.25, 0.3) is 10.9 Å². The smallest absolute Gasteiger partial charge is 0.253 e. The van der Waals surface area contributed by atoms with E-state index in [9.17, 15) is 18.8 Å². The quantitative estimate of drug-likeness (QED) is 0.377. The number of piperidine rings is 1. The molecule has 4 aromatic rings. The molecule has 0 radical (unpaired) electrons. The highest BCUT2D eigenvalue weighted by molar-refractivity contribution is 7.93. The van der Waals surface area contributed by atoms with Gasteiger partial charge in [0.1, 0.15) is 22.7 Å². The Hall–Kier alpha value is -3.46. The molecule has 184 valence electrons. The molecule has 1 amide bonds. The Balaban J connectivity index is 1.23. The molecule has 1 aliphatic heterocycles. The summed E-state index contributed by atoms with van der Waals surface area (Å²) < 4.78 is 29.4. The number of anilines is 1. The second-order valence-corrected chi connectivity index (χ2v) is 10.2. The third kappa shape index (κ3) is 4.80. The first-order valence-electron chi connectivity index (χ1n) is 11.7. The van der Waals surface area contributed by atoms with Crippen LogP contribution in [0.15, 0.2) is 83.9 Å². The molecular formula is C28H26FN3O3S. The Morgan fingerprint density at radius 1 is 1.08 bits per heavy atom. The second-order valence-electron chi connectivity index (χ2n) is 9.06. The van der Waals surface area contributed by atoms with E-state index in [0.29, 0.717) is 58.7 Å². The van der Waals surface area contributed by atoms with Crippen LogP contribution in [0.1, 0.15) is 34.3 Å². The molecule has 0 aliphatic carbocycles. The third-order valence-electron chi connectivity index (χ3n) is 6.71. The lowest BCUT2D eigenvalue weighted by Crippen LogP contribution is -2.45. The second kappa shape index (κ2) is 9.89. The Bertz CT molecular complexity index is 1400. The summed E-state index contributed by atoms with van der Waals surface area (Å²) >= 11 is -1.52. The van der Waals surface area contributed by atoms with Crippen LogP contribution < -0.4 is 4.72 Å². The minimum absolute atomic E-state index is 0.126. The van der Waals surface area contributed by atoms with Crippen LogP contribution in [0, 0.1) is 12.7 Å². The van der Waals surface area contributed by atoms with Crippen LogP contribution in [-0.4, -0.2) is 38.5 Å². The van der Waals surface area contributed by atoms with Gasteiger partial charge >= 0.3 is 0 Å². The topological polar surface area (TPSA) is 88.5 Å². The molecule has 6 nitrogen and oxygen atoms in total. The molecule has 0 spiro atoms. The number of hydrogen-bond donors (Lipinski definition) is 2. The number of fused-ring (bicyclic) bond motifs is 1. The zero-order valence-corrected chi connectivity index (χ0v) is 20.6. The number of rotatable bonds is 5. The number of amides is 1. The number of hydrogen-bond acceptors (Lipinski definition) is 5. The number of aliphatic hydroxyl groups is 1. The average Bonchev–Trinajstić information content (AvgIpc) is 2.88. The average molecular weight is 504 g/mol. The SMILES string of the molecule is Cc1cc(F)ccc1C1(O)CCN(C(=O)c2ccc(N[S+]([O-])c3cccc4cccnc34)cc2)CC1. The van der Waals surface area contributed by atoms with Crippen molar-refractivity contribution in [3.8, 4) is 0 Å². The number of para-hydroxylation sites is 1. The zero-order valence-electron chi connectivity index (χ0n) is 19.8. The van der Waals surface area contributed by atoms with Gasteiger partial charge in [0.2, 0.25) is 4.90 Å². The van der Waals surface area contributed by atoms with Crippen molar-refractivity contribution in [2.75, 3.05) is 17.8 Å². The zero-order chi connectivity index (χ0) is 25.3. The maximum atomic E-state index is 13.5. The summed E-state index contributed by atoms with van der Waals surface area (Å²) in [6.45, 7) is 2.57. The fourth-order valence-corrected chi connectivity index (χ4v) is 5.76. The first-order valence-corrected chi connectivity index (χ1v) is 12.9. The van der Waals surface area contributed by atoms with E-state index in [2.05, 4.69) is 9.71 Å². The van der Waals surface area contributed by atoms with Gasteiger partial charge in [0.25, 0.3) is 5.91 Å². The summed E-state index contributed by atoms with van der Waals surface area (Å²) in [5.74, 6) is -0.457. The van der Waals surface area contributed by atoms with Gasteiger partial charge in [-0.1, -0.05) is 24.3 Å². The van der Waals surface area contributed by atoms with Gasteiger partial charge in [-0.15, -0.1) is 0 Å². The Kier molecular flexibility index (Phi) is 6.66. The number of nitrogens with zero attached hydrogens (tertiary/aromatic N) is 2. The fraction of sp³-hybridized carbons (Fsp3) is 0.214. The highest BCUT2D eigenvalue weighted by Gasteiger charge is 2.36. The van der Waals surface area contributed by atoms with E-state index in [4.69, 9.17) is 0 Å². The first-order chi connectivity index (χ1) is 17.3. The highest BCUT2D eigenvalue weighted by Crippen LogP contribution is 2.35. The molecular weight excluding hydrogens is 477 g/mol. The Morgan fingerprint density at radius 2 is 1.81 bits per heavy atom. The van der Waals surface area contributed by atoms with Crippen molar-refractivity contribution >= 4 is 33.9 Å². The van der Waals surface area contributed by atoms with E-state index in [1.165, 1.54) is 12.1 Å². The van der Waals surface area contributed by atoms with Crippen LogP contribution in [0.4, 0.5) is 10.1 Å². The van der Waals surface area contributed by atoms with Crippen LogP contribution >= 0.6 is 0 Å². The van der Waals surface area contributed by atoms with Crippen LogP contribution in [0.3, 0.4) is 0 Å². The van der Waals surface area contributed by atoms with Gasteiger partial charge in [0, 0.05) is 30.2 Å². The van der Waals surface area contributed by atoms with E-state index in [1.54, 1.807) is 54.4 Å². The van der Waals surface area contributed by atoms with Gasteiger partial charge in [0.05, 0.1) is 11.3 Å². The largest absolute Gasteiger partial charge is 0.588 e. The molecule has 1 saturated heterocycles. The van der Waals surface area contributed by atoms with Crippen molar-refractivity contribution in [3.05, 3.63) is 102 Å². The van der Waals surface area contributed by atoms with E-state index in [1.807, 2.05) is 24.3 Å². The van der Waals surface area contributed by atoms with Crippen molar-refractivity contribution in [2.45, 2.75) is 30.3 Å². The standard InChI is InChI=1S/C28H26FN3O3S/c1-19-18-22(29)9-12-24(19)28(34)13-16-32(17-14-28)27(33)21-7-10-23(11-8-21)31-36(35)25-6-2-4-20-5-3-15-30-26(20)25/h2-12,15,18,31,34H,13-14,16-17H2,1H3. The molecule has 3 aromatic carbocycles. The van der Waals surface area contributed by atoms with E-state index in [-0.39, 0.29) is 11.7 Å². The molecule has 8 heteroatoms. The molecule has 2 N–H and O–H groups in total. The van der Waals surface area contributed by atoms with Gasteiger partial charge in [-0.2, -0.15) is 0 Å². The minimum Gasteiger partial charge on any atom is -0.588 e. The number of aryl methyl sites for hydroxylation is 1. The molecule has 1 fully saturated rings. The summed E-state index contributed by atoms with van der Waals surface area (Å²) in [4.78, 5) is 19.7. The number of carbonyl (C=O) groups excluding carboxylic acids is 1. The van der Waals surface area contributed by atoms with E-state index in [0.717, 1.165) is 5.39 Å². The van der Waals surface area contributed by atoms with Crippen LogP contribution in [0.5, 0.6) is 0 Å². The normalized spacial score (nSPS) is 16.1. The number of benzene rings is 3. The monoisotopic (exact) mass is 503 g/mol. The summed E-state index contributed by atoms with van der Waals surface area (Å²) in [6, 6.07) is 20.6.